The van der Waals surface area contributed by atoms with Gasteiger partial charge in [0.05, 0.1) is 17.7 Å². The molecule has 130 valence electrons. The summed E-state index contributed by atoms with van der Waals surface area (Å²) >= 11 is 1.21. The highest BCUT2D eigenvalue weighted by Gasteiger charge is 2.42. The van der Waals surface area contributed by atoms with E-state index in [-0.39, 0.29) is 29.8 Å². The zero-order valence-electron chi connectivity index (χ0n) is 13.2. The van der Waals surface area contributed by atoms with Crippen molar-refractivity contribution in [3.63, 3.8) is 0 Å². The summed E-state index contributed by atoms with van der Waals surface area (Å²) in [5.41, 5.74) is 0.713. The van der Waals surface area contributed by atoms with Crippen LogP contribution in [0.25, 0.3) is 0 Å². The number of amides is 2. The lowest BCUT2D eigenvalue weighted by molar-refractivity contribution is -0.134. The van der Waals surface area contributed by atoms with Gasteiger partial charge in [-0.15, -0.1) is 11.8 Å². The van der Waals surface area contributed by atoms with Gasteiger partial charge in [-0.1, -0.05) is 12.1 Å². The van der Waals surface area contributed by atoms with Crippen LogP contribution in [0.4, 0.5) is 4.39 Å². The Morgan fingerprint density at radius 2 is 2.04 bits per heavy atom. The van der Waals surface area contributed by atoms with Crippen molar-refractivity contribution < 1.29 is 23.9 Å². The van der Waals surface area contributed by atoms with E-state index in [0.29, 0.717) is 17.9 Å². The van der Waals surface area contributed by atoms with Crippen LogP contribution >= 0.6 is 11.8 Å². The summed E-state index contributed by atoms with van der Waals surface area (Å²) in [6.45, 7) is 0.335. The molecule has 0 saturated carbocycles. The van der Waals surface area contributed by atoms with E-state index < -0.39 is 17.9 Å². The number of hydrogen-bond donors (Lipinski definition) is 2. The summed E-state index contributed by atoms with van der Waals surface area (Å²) in [6, 6.07) is 5.35. The molecule has 8 heteroatoms. The smallest absolute Gasteiger partial charge is 0.313 e. The number of likely N-dealkylation sites (tertiary alicyclic amines) is 1. The van der Waals surface area contributed by atoms with Crippen LogP contribution in [-0.2, 0) is 14.4 Å². The van der Waals surface area contributed by atoms with E-state index in [4.69, 9.17) is 5.11 Å². The molecule has 0 bridgehead atoms. The molecule has 0 aromatic heterocycles. The zero-order chi connectivity index (χ0) is 17.7. The van der Waals surface area contributed by atoms with E-state index in [2.05, 4.69) is 5.32 Å². The van der Waals surface area contributed by atoms with Crippen LogP contribution in [0.1, 0.15) is 18.0 Å². The fraction of sp³-hybridized carbons (Fsp3) is 0.438. The standard InChI is InChI=1S/C16H19FN2O4S/c1-19-13(20)8-12(15(19)10-2-4-11(17)5-3-10)16(23)18-6-7-24-9-14(21)22/h2-5,12,15H,6-9H2,1H3,(H,18,23)(H,21,22). The van der Waals surface area contributed by atoms with Gasteiger partial charge in [-0.3, -0.25) is 14.4 Å². The lowest BCUT2D eigenvalue weighted by Crippen LogP contribution is -2.35. The molecule has 1 aromatic carbocycles. The van der Waals surface area contributed by atoms with Gasteiger partial charge in [0.1, 0.15) is 5.82 Å². The zero-order valence-corrected chi connectivity index (χ0v) is 14.0. The number of benzene rings is 1. The highest BCUT2D eigenvalue weighted by Crippen LogP contribution is 2.37. The Morgan fingerprint density at radius 3 is 2.67 bits per heavy atom. The predicted octanol–water partition coefficient (Wildman–Crippen LogP) is 1.28. The second kappa shape index (κ2) is 8.14. The van der Waals surface area contributed by atoms with E-state index in [9.17, 15) is 18.8 Å². The molecule has 1 fully saturated rings. The minimum absolute atomic E-state index is 0.0152. The van der Waals surface area contributed by atoms with Gasteiger partial charge in [-0.25, -0.2) is 4.39 Å². The average Bonchev–Trinajstić information content (AvgIpc) is 2.83. The summed E-state index contributed by atoms with van der Waals surface area (Å²) in [6.07, 6.45) is 0.104. The van der Waals surface area contributed by atoms with Crippen molar-refractivity contribution in [3.8, 4) is 0 Å². The Labute approximate surface area is 143 Å². The molecule has 2 N–H and O–H groups in total. The first-order chi connectivity index (χ1) is 11.4. The lowest BCUT2D eigenvalue weighted by Gasteiger charge is -2.25. The second-order valence-electron chi connectivity index (χ2n) is 5.55. The summed E-state index contributed by atoms with van der Waals surface area (Å²) in [7, 11) is 1.63. The molecule has 1 aromatic rings. The van der Waals surface area contributed by atoms with E-state index in [1.54, 1.807) is 19.2 Å². The number of rotatable bonds is 7. The van der Waals surface area contributed by atoms with Crippen molar-refractivity contribution in [2.24, 2.45) is 5.92 Å². The van der Waals surface area contributed by atoms with Gasteiger partial charge in [-0.05, 0) is 17.7 Å². The van der Waals surface area contributed by atoms with Crippen molar-refractivity contribution in [2.45, 2.75) is 12.5 Å². The van der Waals surface area contributed by atoms with Crippen LogP contribution in [0.2, 0.25) is 0 Å². The topological polar surface area (TPSA) is 86.7 Å². The first-order valence-electron chi connectivity index (χ1n) is 7.48. The van der Waals surface area contributed by atoms with E-state index in [1.165, 1.54) is 28.8 Å². The third-order valence-electron chi connectivity index (χ3n) is 3.91. The number of carbonyl (C=O) groups is 3. The van der Waals surface area contributed by atoms with Crippen LogP contribution in [0.3, 0.4) is 0 Å². The Bertz CT molecular complexity index is 623. The van der Waals surface area contributed by atoms with Crippen molar-refractivity contribution >= 4 is 29.5 Å². The van der Waals surface area contributed by atoms with Crippen LogP contribution in [0.5, 0.6) is 0 Å². The molecule has 0 aliphatic carbocycles. The molecule has 0 radical (unpaired) electrons. The fourth-order valence-electron chi connectivity index (χ4n) is 2.76. The quantitative estimate of drug-likeness (QED) is 0.721. The molecule has 1 aliphatic rings. The first-order valence-corrected chi connectivity index (χ1v) is 8.64. The normalized spacial score (nSPS) is 20.2. The monoisotopic (exact) mass is 354 g/mol. The number of carboxylic acid groups (broad SMARTS) is 1. The molecule has 1 saturated heterocycles. The van der Waals surface area contributed by atoms with Gasteiger partial charge in [0.15, 0.2) is 0 Å². The number of nitrogens with zero attached hydrogens (tertiary/aromatic N) is 1. The molecule has 1 heterocycles. The molecule has 2 rings (SSSR count). The average molecular weight is 354 g/mol. The Kier molecular flexibility index (Phi) is 6.19. The van der Waals surface area contributed by atoms with Gasteiger partial charge in [0.2, 0.25) is 11.8 Å². The van der Waals surface area contributed by atoms with Crippen molar-refractivity contribution in [1.82, 2.24) is 10.2 Å². The third kappa shape index (κ3) is 4.47. The first kappa shape index (κ1) is 18.3. The molecule has 2 unspecified atom stereocenters. The van der Waals surface area contributed by atoms with Gasteiger partial charge in [0, 0.05) is 25.8 Å². The number of halogens is 1. The van der Waals surface area contributed by atoms with Gasteiger partial charge < -0.3 is 15.3 Å². The van der Waals surface area contributed by atoms with Crippen LogP contribution in [0, 0.1) is 11.7 Å². The number of carbonyl (C=O) groups excluding carboxylic acids is 2. The molecule has 0 spiro atoms. The maximum Gasteiger partial charge on any atom is 0.313 e. The maximum absolute atomic E-state index is 13.1. The highest BCUT2D eigenvalue weighted by molar-refractivity contribution is 7.99. The lowest BCUT2D eigenvalue weighted by atomic mass is 9.93. The largest absolute Gasteiger partial charge is 0.481 e. The minimum atomic E-state index is -0.897. The summed E-state index contributed by atoms with van der Waals surface area (Å²) < 4.78 is 13.1. The number of nitrogens with one attached hydrogen (secondary N) is 1. The summed E-state index contributed by atoms with van der Waals surface area (Å²) in [5, 5.41) is 11.3. The number of carboxylic acids is 1. The van der Waals surface area contributed by atoms with Crippen molar-refractivity contribution in [3.05, 3.63) is 35.6 Å². The molecule has 2 amide bonds. The molecular formula is C16H19FN2O4S. The van der Waals surface area contributed by atoms with E-state index in [1.807, 2.05) is 0 Å². The number of aliphatic carboxylic acids is 1. The van der Waals surface area contributed by atoms with Crippen LogP contribution in [0.15, 0.2) is 24.3 Å². The third-order valence-corrected chi connectivity index (χ3v) is 4.85. The summed E-state index contributed by atoms with van der Waals surface area (Å²) in [4.78, 5) is 36.3. The highest BCUT2D eigenvalue weighted by atomic mass is 32.2. The van der Waals surface area contributed by atoms with E-state index in [0.717, 1.165) is 0 Å². The molecule has 1 aliphatic heterocycles. The van der Waals surface area contributed by atoms with E-state index >= 15 is 0 Å². The molecule has 6 nitrogen and oxygen atoms in total. The predicted molar refractivity (Wildman–Crippen MR) is 88.0 cm³/mol. The van der Waals surface area contributed by atoms with Gasteiger partial charge in [-0.2, -0.15) is 0 Å². The minimum Gasteiger partial charge on any atom is -0.481 e. The Hall–Kier alpha value is -2.09. The fourth-order valence-corrected chi connectivity index (χ4v) is 3.32. The Balaban J connectivity index is 1.98. The molecule has 24 heavy (non-hydrogen) atoms. The summed E-state index contributed by atoms with van der Waals surface area (Å²) in [5.74, 6) is -1.73. The molecule has 2 atom stereocenters. The second-order valence-corrected chi connectivity index (χ2v) is 6.65. The van der Waals surface area contributed by atoms with Crippen LogP contribution in [-0.4, -0.2) is 52.9 Å². The van der Waals surface area contributed by atoms with Gasteiger partial charge >= 0.3 is 5.97 Å². The van der Waals surface area contributed by atoms with Crippen molar-refractivity contribution in [1.29, 1.82) is 0 Å². The SMILES string of the molecule is CN1C(=O)CC(C(=O)NCCSCC(=O)O)C1c1ccc(F)cc1. The molecular weight excluding hydrogens is 335 g/mol. The number of thioether (sulfide) groups is 1. The number of hydrogen-bond acceptors (Lipinski definition) is 4. The maximum atomic E-state index is 13.1. The van der Waals surface area contributed by atoms with Crippen LogP contribution < -0.4 is 5.32 Å². The van der Waals surface area contributed by atoms with Crippen molar-refractivity contribution in [2.75, 3.05) is 25.1 Å². The Morgan fingerprint density at radius 1 is 1.38 bits per heavy atom. The van der Waals surface area contributed by atoms with Gasteiger partial charge in [0.25, 0.3) is 0 Å².